The van der Waals surface area contributed by atoms with Crippen LogP contribution in [0, 0.1) is 19.8 Å². The molecule has 1 heterocycles. The van der Waals surface area contributed by atoms with Crippen molar-refractivity contribution < 1.29 is 13.5 Å². The quantitative estimate of drug-likeness (QED) is 0.823. The molecule has 1 aromatic rings. The summed E-state index contributed by atoms with van der Waals surface area (Å²) in [7, 11) is -3.55. The normalized spacial score (nSPS) is 21.1. The molecule has 1 aromatic carbocycles. The fraction of sp³-hybridized carbons (Fsp3) is 0.571. The Morgan fingerprint density at radius 2 is 2.10 bits per heavy atom. The monoisotopic (exact) mass is 298 g/mol. The topological polar surface area (TPSA) is 83.6 Å². The Balaban J connectivity index is 2.43. The first-order chi connectivity index (χ1) is 9.37. The van der Waals surface area contributed by atoms with Gasteiger partial charge in [-0.1, -0.05) is 6.07 Å². The maximum atomic E-state index is 12.8. The number of anilines is 1. The van der Waals surface area contributed by atoms with Crippen LogP contribution in [-0.4, -0.2) is 37.5 Å². The van der Waals surface area contributed by atoms with Crippen LogP contribution in [0.5, 0.6) is 0 Å². The van der Waals surface area contributed by atoms with E-state index in [0.717, 1.165) is 12.8 Å². The number of piperidine rings is 1. The van der Waals surface area contributed by atoms with Gasteiger partial charge in [-0.25, -0.2) is 8.42 Å². The molecule has 20 heavy (non-hydrogen) atoms. The van der Waals surface area contributed by atoms with E-state index >= 15 is 0 Å². The molecule has 0 amide bonds. The summed E-state index contributed by atoms with van der Waals surface area (Å²) in [6.45, 7) is 4.44. The molecule has 0 radical (unpaired) electrons. The number of rotatable bonds is 3. The lowest BCUT2D eigenvalue weighted by atomic mass is 10.0. The van der Waals surface area contributed by atoms with Gasteiger partial charge in [0.2, 0.25) is 10.0 Å². The summed E-state index contributed by atoms with van der Waals surface area (Å²) in [5.74, 6) is 0.0280. The van der Waals surface area contributed by atoms with Crippen molar-refractivity contribution in [1.82, 2.24) is 4.31 Å². The molecule has 3 N–H and O–H groups in total. The molecule has 1 unspecified atom stereocenters. The molecule has 0 aliphatic carbocycles. The molecule has 0 bridgehead atoms. The Morgan fingerprint density at radius 3 is 2.75 bits per heavy atom. The Kier molecular flexibility index (Phi) is 4.36. The molecule has 1 aliphatic heterocycles. The third kappa shape index (κ3) is 2.68. The molecule has 1 aliphatic rings. The van der Waals surface area contributed by atoms with Crippen LogP contribution in [0.15, 0.2) is 17.0 Å². The first kappa shape index (κ1) is 15.3. The van der Waals surface area contributed by atoms with E-state index in [9.17, 15) is 13.5 Å². The highest BCUT2D eigenvalue weighted by Gasteiger charge is 2.32. The molecule has 0 aromatic heterocycles. The summed E-state index contributed by atoms with van der Waals surface area (Å²) in [5, 5.41) is 9.26. The van der Waals surface area contributed by atoms with Crippen LogP contribution in [0.4, 0.5) is 5.69 Å². The van der Waals surface area contributed by atoms with Crippen molar-refractivity contribution in [3.05, 3.63) is 23.3 Å². The fourth-order valence-electron chi connectivity index (χ4n) is 2.76. The second kappa shape index (κ2) is 5.71. The molecular formula is C14H22N2O3S. The Labute approximate surface area is 120 Å². The molecule has 1 fully saturated rings. The Morgan fingerprint density at radius 1 is 1.40 bits per heavy atom. The van der Waals surface area contributed by atoms with Gasteiger partial charge in [-0.2, -0.15) is 4.31 Å². The number of nitrogens with zero attached hydrogens (tertiary/aromatic N) is 1. The van der Waals surface area contributed by atoms with Crippen molar-refractivity contribution in [2.24, 2.45) is 5.92 Å². The SMILES string of the molecule is Cc1ccc(N)c(C)c1S(=O)(=O)N1CCCC(CO)C1. The highest BCUT2D eigenvalue weighted by atomic mass is 32.2. The molecule has 6 heteroatoms. The zero-order valence-electron chi connectivity index (χ0n) is 12.0. The van der Waals surface area contributed by atoms with Gasteiger partial charge in [0, 0.05) is 25.4 Å². The van der Waals surface area contributed by atoms with Crippen molar-refractivity contribution in [2.45, 2.75) is 31.6 Å². The van der Waals surface area contributed by atoms with Gasteiger partial charge < -0.3 is 10.8 Å². The smallest absolute Gasteiger partial charge is 0.243 e. The van der Waals surface area contributed by atoms with E-state index in [4.69, 9.17) is 5.73 Å². The lowest BCUT2D eigenvalue weighted by Crippen LogP contribution is -2.41. The van der Waals surface area contributed by atoms with E-state index < -0.39 is 10.0 Å². The van der Waals surface area contributed by atoms with E-state index in [0.29, 0.717) is 34.8 Å². The van der Waals surface area contributed by atoms with Crippen LogP contribution < -0.4 is 5.73 Å². The number of aryl methyl sites for hydroxylation is 1. The van der Waals surface area contributed by atoms with Gasteiger partial charge in [-0.3, -0.25) is 0 Å². The van der Waals surface area contributed by atoms with Gasteiger partial charge >= 0.3 is 0 Å². The van der Waals surface area contributed by atoms with Crippen molar-refractivity contribution in [2.75, 3.05) is 25.4 Å². The van der Waals surface area contributed by atoms with Crippen molar-refractivity contribution in [3.63, 3.8) is 0 Å². The molecule has 1 atom stereocenters. The second-order valence-electron chi connectivity index (χ2n) is 5.48. The largest absolute Gasteiger partial charge is 0.398 e. The van der Waals surface area contributed by atoms with Gasteiger partial charge in [0.05, 0.1) is 4.90 Å². The summed E-state index contributed by atoms with van der Waals surface area (Å²) in [5.41, 5.74) is 7.66. The van der Waals surface area contributed by atoms with Gasteiger partial charge in [0.1, 0.15) is 0 Å². The molecule has 112 valence electrons. The van der Waals surface area contributed by atoms with E-state index in [2.05, 4.69) is 0 Å². The summed E-state index contributed by atoms with van der Waals surface area (Å²) < 4.78 is 27.1. The molecule has 2 rings (SSSR count). The highest BCUT2D eigenvalue weighted by Crippen LogP contribution is 2.30. The standard InChI is InChI=1S/C14H22N2O3S/c1-10-5-6-13(15)11(2)14(10)20(18,19)16-7-3-4-12(8-16)9-17/h5-6,12,17H,3-4,7-9,15H2,1-2H3. The van der Waals surface area contributed by atoms with Gasteiger partial charge in [0.15, 0.2) is 0 Å². The van der Waals surface area contributed by atoms with Crippen molar-refractivity contribution in [3.8, 4) is 0 Å². The number of aliphatic hydroxyl groups excluding tert-OH is 1. The lowest BCUT2D eigenvalue weighted by Gasteiger charge is -2.32. The van der Waals surface area contributed by atoms with E-state index in [1.165, 1.54) is 4.31 Å². The van der Waals surface area contributed by atoms with Gasteiger partial charge in [-0.05, 0) is 49.8 Å². The first-order valence-corrected chi connectivity index (χ1v) is 8.28. The number of nitrogen functional groups attached to an aromatic ring is 1. The molecule has 5 nitrogen and oxygen atoms in total. The molecule has 0 saturated carbocycles. The zero-order valence-corrected chi connectivity index (χ0v) is 12.8. The predicted molar refractivity (Wildman–Crippen MR) is 78.9 cm³/mol. The van der Waals surface area contributed by atoms with Crippen LogP contribution in [-0.2, 0) is 10.0 Å². The number of sulfonamides is 1. The Hall–Kier alpha value is -1.11. The van der Waals surface area contributed by atoms with Crippen LogP contribution in [0.1, 0.15) is 24.0 Å². The minimum absolute atomic E-state index is 0.0280. The van der Waals surface area contributed by atoms with E-state index in [1.807, 2.05) is 0 Å². The van der Waals surface area contributed by atoms with Crippen LogP contribution >= 0.6 is 0 Å². The van der Waals surface area contributed by atoms with Crippen molar-refractivity contribution >= 4 is 15.7 Å². The number of aliphatic hydroxyl groups is 1. The van der Waals surface area contributed by atoms with E-state index in [1.54, 1.807) is 26.0 Å². The van der Waals surface area contributed by atoms with E-state index in [-0.39, 0.29) is 12.5 Å². The zero-order chi connectivity index (χ0) is 14.9. The first-order valence-electron chi connectivity index (χ1n) is 6.84. The predicted octanol–water partition coefficient (Wildman–Crippen LogP) is 1.28. The molecule has 0 spiro atoms. The summed E-state index contributed by atoms with van der Waals surface area (Å²) >= 11 is 0. The van der Waals surface area contributed by atoms with Crippen LogP contribution in [0.2, 0.25) is 0 Å². The average Bonchev–Trinajstić information content (AvgIpc) is 2.43. The Bertz CT molecular complexity index is 599. The number of nitrogens with two attached hydrogens (primary N) is 1. The number of benzene rings is 1. The maximum absolute atomic E-state index is 12.8. The minimum Gasteiger partial charge on any atom is -0.398 e. The maximum Gasteiger partial charge on any atom is 0.243 e. The number of hydrogen-bond acceptors (Lipinski definition) is 4. The van der Waals surface area contributed by atoms with Crippen LogP contribution in [0.3, 0.4) is 0 Å². The third-order valence-electron chi connectivity index (χ3n) is 3.98. The molecular weight excluding hydrogens is 276 g/mol. The summed E-state index contributed by atoms with van der Waals surface area (Å²) in [6.07, 6.45) is 1.66. The highest BCUT2D eigenvalue weighted by molar-refractivity contribution is 7.89. The minimum atomic E-state index is -3.55. The van der Waals surface area contributed by atoms with Crippen LogP contribution in [0.25, 0.3) is 0 Å². The average molecular weight is 298 g/mol. The third-order valence-corrected chi connectivity index (χ3v) is 6.14. The van der Waals surface area contributed by atoms with Gasteiger partial charge in [-0.15, -0.1) is 0 Å². The fourth-order valence-corrected chi connectivity index (χ4v) is 4.78. The summed E-state index contributed by atoms with van der Waals surface area (Å²) in [6, 6.07) is 3.47. The van der Waals surface area contributed by atoms with Gasteiger partial charge in [0.25, 0.3) is 0 Å². The molecule has 1 saturated heterocycles. The second-order valence-corrected chi connectivity index (χ2v) is 7.35. The number of hydrogen-bond donors (Lipinski definition) is 2. The summed E-state index contributed by atoms with van der Waals surface area (Å²) in [4.78, 5) is 0.316. The van der Waals surface area contributed by atoms with Crippen molar-refractivity contribution in [1.29, 1.82) is 0 Å². The lowest BCUT2D eigenvalue weighted by molar-refractivity contribution is 0.165.